The van der Waals surface area contributed by atoms with E-state index >= 15 is 0 Å². The Morgan fingerprint density at radius 3 is 2.64 bits per heavy atom. The Hall–Kier alpha value is -1.95. The summed E-state index contributed by atoms with van der Waals surface area (Å²) in [6.07, 6.45) is 4.46. The van der Waals surface area contributed by atoms with Crippen LogP contribution >= 0.6 is 11.3 Å². The van der Waals surface area contributed by atoms with Crippen molar-refractivity contribution in [2.75, 3.05) is 5.32 Å². The molecule has 1 aromatic carbocycles. The van der Waals surface area contributed by atoms with Crippen LogP contribution in [0.3, 0.4) is 0 Å². The zero-order valence-corrected chi connectivity index (χ0v) is 12.8. The van der Waals surface area contributed by atoms with E-state index in [0.717, 1.165) is 18.0 Å². The van der Waals surface area contributed by atoms with Crippen LogP contribution in [-0.2, 0) is 11.2 Å². The molecule has 22 heavy (non-hydrogen) atoms. The van der Waals surface area contributed by atoms with E-state index in [4.69, 9.17) is 0 Å². The lowest BCUT2D eigenvalue weighted by molar-refractivity contribution is -0.304. The Kier molecular flexibility index (Phi) is 4.38. The maximum atomic E-state index is 13.1. The van der Waals surface area contributed by atoms with Crippen molar-refractivity contribution in [2.45, 2.75) is 38.1 Å². The SMILES string of the molecule is O=C([O-])Cc1sc(NC2CCCC2)nc1-c1ccc(F)cc1. The molecular formula is C16H16FN2O2S-. The summed E-state index contributed by atoms with van der Waals surface area (Å²) in [5.41, 5.74) is 1.31. The molecule has 0 amide bonds. The van der Waals surface area contributed by atoms with Gasteiger partial charge in [-0.2, -0.15) is 0 Å². The molecule has 1 aliphatic carbocycles. The number of carboxylic acid groups (broad SMARTS) is 1. The number of hydrogen-bond donors (Lipinski definition) is 1. The molecule has 4 nitrogen and oxygen atoms in total. The summed E-state index contributed by atoms with van der Waals surface area (Å²) in [6.45, 7) is 0. The van der Waals surface area contributed by atoms with Crippen LogP contribution in [0.2, 0.25) is 0 Å². The van der Waals surface area contributed by atoms with Crippen LogP contribution in [0, 0.1) is 5.82 Å². The molecule has 2 aromatic rings. The molecule has 3 rings (SSSR count). The van der Waals surface area contributed by atoms with E-state index in [-0.39, 0.29) is 12.2 Å². The second-order valence-electron chi connectivity index (χ2n) is 5.47. The lowest BCUT2D eigenvalue weighted by atomic mass is 10.1. The average molecular weight is 319 g/mol. The van der Waals surface area contributed by atoms with Crippen molar-refractivity contribution >= 4 is 22.4 Å². The zero-order chi connectivity index (χ0) is 15.5. The Morgan fingerprint density at radius 2 is 2.00 bits per heavy atom. The minimum atomic E-state index is -1.14. The van der Waals surface area contributed by atoms with Crippen LogP contribution in [0.1, 0.15) is 30.6 Å². The first-order valence-electron chi connectivity index (χ1n) is 7.34. The van der Waals surface area contributed by atoms with Crippen molar-refractivity contribution in [3.63, 3.8) is 0 Å². The number of aliphatic carboxylic acids is 1. The van der Waals surface area contributed by atoms with Gasteiger partial charge in [0.25, 0.3) is 0 Å². The van der Waals surface area contributed by atoms with Gasteiger partial charge in [-0.05, 0) is 37.1 Å². The predicted molar refractivity (Wildman–Crippen MR) is 82.1 cm³/mol. The Morgan fingerprint density at radius 1 is 1.32 bits per heavy atom. The first-order chi connectivity index (χ1) is 10.6. The Labute approximate surface area is 132 Å². The summed E-state index contributed by atoms with van der Waals surface area (Å²) >= 11 is 1.34. The van der Waals surface area contributed by atoms with Gasteiger partial charge >= 0.3 is 0 Å². The van der Waals surface area contributed by atoms with Gasteiger partial charge in [0.1, 0.15) is 5.82 Å². The summed E-state index contributed by atoms with van der Waals surface area (Å²) in [5, 5.41) is 15.0. The lowest BCUT2D eigenvalue weighted by Gasteiger charge is -2.09. The Bertz CT molecular complexity index is 663. The first kappa shape index (κ1) is 15.0. The number of halogens is 1. The van der Waals surface area contributed by atoms with Gasteiger partial charge in [-0.3, -0.25) is 0 Å². The normalized spacial score (nSPS) is 15.1. The molecule has 1 heterocycles. The second-order valence-corrected chi connectivity index (χ2v) is 6.56. The monoisotopic (exact) mass is 319 g/mol. The summed E-state index contributed by atoms with van der Waals surface area (Å²) in [6, 6.07) is 6.33. The molecular weight excluding hydrogens is 303 g/mol. The molecule has 0 bridgehead atoms. The van der Waals surface area contributed by atoms with Crippen molar-refractivity contribution in [1.29, 1.82) is 0 Å². The van der Waals surface area contributed by atoms with Crippen LogP contribution < -0.4 is 10.4 Å². The van der Waals surface area contributed by atoms with E-state index in [2.05, 4.69) is 10.3 Å². The smallest absolute Gasteiger partial charge is 0.183 e. The Balaban J connectivity index is 1.89. The van der Waals surface area contributed by atoms with Crippen molar-refractivity contribution in [3.8, 4) is 11.3 Å². The number of rotatable bonds is 5. The predicted octanol–water partition coefficient (Wildman–Crippen LogP) is 2.60. The van der Waals surface area contributed by atoms with Gasteiger partial charge in [0.2, 0.25) is 0 Å². The highest BCUT2D eigenvalue weighted by Gasteiger charge is 2.19. The van der Waals surface area contributed by atoms with E-state index in [1.807, 2.05) is 0 Å². The standard InChI is InChI=1S/C16H17FN2O2S/c17-11-7-5-10(6-8-11)15-13(9-14(20)21)22-16(19-15)18-12-3-1-2-4-12/h5-8,12H,1-4,9H2,(H,18,19)(H,20,21)/p-1. The largest absolute Gasteiger partial charge is 0.550 e. The van der Waals surface area contributed by atoms with E-state index in [9.17, 15) is 14.3 Å². The minimum absolute atomic E-state index is 0.184. The fraction of sp³-hybridized carbons (Fsp3) is 0.375. The van der Waals surface area contributed by atoms with Crippen LogP contribution in [-0.4, -0.2) is 17.0 Å². The summed E-state index contributed by atoms with van der Waals surface area (Å²) < 4.78 is 13.1. The third-order valence-corrected chi connectivity index (χ3v) is 4.79. The van der Waals surface area contributed by atoms with E-state index in [1.54, 1.807) is 12.1 Å². The second kappa shape index (κ2) is 6.44. The first-order valence-corrected chi connectivity index (χ1v) is 8.15. The number of nitrogens with one attached hydrogen (secondary N) is 1. The van der Waals surface area contributed by atoms with Gasteiger partial charge in [-0.15, -0.1) is 11.3 Å². The van der Waals surface area contributed by atoms with Crippen LogP contribution in [0.15, 0.2) is 24.3 Å². The molecule has 1 N–H and O–H groups in total. The van der Waals surface area contributed by atoms with Gasteiger partial charge in [0.15, 0.2) is 5.13 Å². The number of anilines is 1. The number of benzene rings is 1. The number of carbonyl (C=O) groups excluding carboxylic acids is 1. The third kappa shape index (κ3) is 3.44. The molecule has 1 aromatic heterocycles. The highest BCUT2D eigenvalue weighted by molar-refractivity contribution is 7.16. The van der Waals surface area contributed by atoms with E-state index in [0.29, 0.717) is 22.2 Å². The van der Waals surface area contributed by atoms with Crippen LogP contribution in [0.4, 0.5) is 9.52 Å². The number of thiazole rings is 1. The van der Waals surface area contributed by atoms with Gasteiger partial charge in [-0.25, -0.2) is 9.37 Å². The lowest BCUT2D eigenvalue weighted by Crippen LogP contribution is -2.24. The fourth-order valence-electron chi connectivity index (χ4n) is 2.74. The molecule has 0 atom stereocenters. The topological polar surface area (TPSA) is 65.0 Å². The fourth-order valence-corrected chi connectivity index (χ4v) is 3.79. The quantitative estimate of drug-likeness (QED) is 0.920. The van der Waals surface area contributed by atoms with Gasteiger partial charge < -0.3 is 15.2 Å². The molecule has 1 fully saturated rings. The van der Waals surface area contributed by atoms with Gasteiger partial charge in [0.05, 0.1) is 5.69 Å². The summed E-state index contributed by atoms with van der Waals surface area (Å²) in [4.78, 5) is 16.1. The van der Waals surface area contributed by atoms with Crippen LogP contribution in [0.25, 0.3) is 11.3 Å². The van der Waals surface area contributed by atoms with Crippen molar-refractivity contribution in [2.24, 2.45) is 0 Å². The third-order valence-electron chi connectivity index (χ3n) is 3.80. The van der Waals surface area contributed by atoms with E-state index < -0.39 is 5.97 Å². The van der Waals surface area contributed by atoms with Crippen molar-refractivity contribution in [3.05, 3.63) is 35.0 Å². The zero-order valence-electron chi connectivity index (χ0n) is 12.0. The maximum Gasteiger partial charge on any atom is 0.183 e. The number of carbonyl (C=O) groups is 1. The molecule has 116 valence electrons. The number of aromatic nitrogens is 1. The molecule has 0 aliphatic heterocycles. The highest BCUT2D eigenvalue weighted by Crippen LogP contribution is 2.33. The molecule has 0 unspecified atom stereocenters. The molecule has 0 saturated heterocycles. The molecule has 0 radical (unpaired) electrons. The van der Waals surface area contributed by atoms with Crippen LogP contribution in [0.5, 0.6) is 0 Å². The minimum Gasteiger partial charge on any atom is -0.550 e. The number of carboxylic acids is 1. The van der Waals surface area contributed by atoms with Crippen molar-refractivity contribution < 1.29 is 14.3 Å². The highest BCUT2D eigenvalue weighted by atomic mass is 32.1. The van der Waals surface area contributed by atoms with Crippen molar-refractivity contribution in [1.82, 2.24) is 4.98 Å². The van der Waals surface area contributed by atoms with E-state index in [1.165, 1.54) is 36.3 Å². The average Bonchev–Trinajstić information content (AvgIpc) is 3.10. The number of nitrogens with zero attached hydrogens (tertiary/aromatic N) is 1. The maximum absolute atomic E-state index is 13.1. The molecule has 6 heteroatoms. The molecule has 1 saturated carbocycles. The molecule has 0 spiro atoms. The molecule has 1 aliphatic rings. The number of hydrogen-bond acceptors (Lipinski definition) is 5. The summed E-state index contributed by atoms with van der Waals surface area (Å²) in [7, 11) is 0. The summed E-state index contributed by atoms with van der Waals surface area (Å²) in [5.74, 6) is -1.47. The van der Waals surface area contributed by atoms with Gasteiger partial charge in [-0.1, -0.05) is 12.8 Å². The van der Waals surface area contributed by atoms with Gasteiger partial charge in [0, 0.05) is 28.9 Å².